The zero-order valence-electron chi connectivity index (χ0n) is 26.9. The molecule has 256 valence electrons. The number of nitrogens with zero attached hydrogens (tertiary/aromatic N) is 5. The number of hydrogen-bond acceptors (Lipinski definition) is 8. The van der Waals surface area contributed by atoms with Crippen LogP contribution < -0.4 is 15.5 Å². The molecular weight excluding hydrogens is 655 g/mol. The molecule has 3 aliphatic heterocycles. The van der Waals surface area contributed by atoms with Crippen LogP contribution in [0.25, 0.3) is 0 Å². The van der Waals surface area contributed by atoms with Crippen LogP contribution in [-0.4, -0.2) is 63.3 Å². The lowest BCUT2D eigenvalue weighted by molar-refractivity contribution is -0.138. The Morgan fingerprint density at radius 2 is 1.72 bits per heavy atom. The Morgan fingerprint density at radius 3 is 2.40 bits per heavy atom. The SMILES string of the molecule is CC(C)(C(=O)Nc1ccc(C#N)c(C(F)(F)F)c1)n1cc(N2CCC(C#Cc3ccc4c(c3)C(=O)N(C3CCC(=O)NC3=O)C4=O)CC2)cn1. The van der Waals surface area contributed by atoms with Gasteiger partial charge in [0.15, 0.2) is 0 Å². The number of carbonyl (C=O) groups is 5. The second-order valence-electron chi connectivity index (χ2n) is 12.8. The molecule has 4 heterocycles. The van der Waals surface area contributed by atoms with E-state index >= 15 is 0 Å². The van der Waals surface area contributed by atoms with E-state index in [1.54, 1.807) is 38.4 Å². The monoisotopic (exact) mass is 685 g/mol. The number of nitrogens with one attached hydrogen (secondary N) is 2. The summed E-state index contributed by atoms with van der Waals surface area (Å²) in [5.41, 5.74) is -1.38. The number of amides is 5. The molecule has 6 rings (SSSR count). The molecule has 2 saturated heterocycles. The van der Waals surface area contributed by atoms with E-state index < -0.39 is 58.4 Å². The van der Waals surface area contributed by atoms with Crippen molar-refractivity contribution in [2.75, 3.05) is 23.3 Å². The minimum atomic E-state index is -4.76. The molecule has 0 radical (unpaired) electrons. The molecule has 50 heavy (non-hydrogen) atoms. The van der Waals surface area contributed by atoms with Gasteiger partial charge in [-0.05, 0) is 69.5 Å². The number of nitriles is 1. The summed E-state index contributed by atoms with van der Waals surface area (Å²) in [6.45, 7) is 4.45. The Bertz CT molecular complexity index is 2040. The van der Waals surface area contributed by atoms with E-state index in [0.29, 0.717) is 31.5 Å². The first-order valence-electron chi connectivity index (χ1n) is 15.8. The first kappa shape index (κ1) is 33.9. The van der Waals surface area contributed by atoms with Gasteiger partial charge in [0, 0.05) is 42.9 Å². The molecule has 1 aromatic heterocycles. The molecule has 2 fully saturated rings. The summed E-state index contributed by atoms with van der Waals surface area (Å²) >= 11 is 0. The van der Waals surface area contributed by atoms with E-state index in [4.69, 9.17) is 5.26 Å². The van der Waals surface area contributed by atoms with Crippen molar-refractivity contribution >= 4 is 40.9 Å². The van der Waals surface area contributed by atoms with Crippen LogP contribution in [0.3, 0.4) is 0 Å². The molecule has 3 aromatic rings. The van der Waals surface area contributed by atoms with Crippen molar-refractivity contribution in [3.8, 4) is 17.9 Å². The third-order valence-corrected chi connectivity index (χ3v) is 9.12. The standard InChI is InChI=1S/C35H30F3N7O5/c1-34(2,33(50)41-23-7-6-22(17-39)27(16-23)35(36,37)38)44-19-24(18-40-44)43-13-11-20(12-14-43)3-4-21-5-8-25-26(15-21)32(49)45(31(25)48)28-9-10-29(46)42-30(28)47/h5-8,15-16,18-20,28H,9-14H2,1-2H3,(H,41,50)(H,42,46,47). The highest BCUT2D eigenvalue weighted by Gasteiger charge is 2.44. The highest BCUT2D eigenvalue weighted by molar-refractivity contribution is 6.23. The quantitative estimate of drug-likeness (QED) is 0.303. The smallest absolute Gasteiger partial charge is 0.369 e. The summed E-state index contributed by atoms with van der Waals surface area (Å²) in [6.07, 6.45) is 0.101. The fourth-order valence-corrected chi connectivity index (χ4v) is 6.14. The first-order chi connectivity index (χ1) is 23.7. The summed E-state index contributed by atoms with van der Waals surface area (Å²) in [7, 11) is 0. The molecule has 2 N–H and O–H groups in total. The number of rotatable bonds is 5. The molecular formula is C35H30F3N7O5. The number of fused-ring (bicyclic) bond motifs is 1. The van der Waals surface area contributed by atoms with Gasteiger partial charge in [-0.2, -0.15) is 23.5 Å². The van der Waals surface area contributed by atoms with Crippen LogP contribution in [-0.2, 0) is 26.1 Å². The van der Waals surface area contributed by atoms with Crippen LogP contribution in [0.4, 0.5) is 24.5 Å². The molecule has 0 spiro atoms. The Balaban J connectivity index is 1.07. The first-order valence-corrected chi connectivity index (χ1v) is 15.8. The van der Waals surface area contributed by atoms with Gasteiger partial charge in [0.25, 0.3) is 17.7 Å². The molecule has 1 atom stereocenters. The third-order valence-electron chi connectivity index (χ3n) is 9.12. The average molecular weight is 686 g/mol. The number of piperidine rings is 2. The van der Waals surface area contributed by atoms with Gasteiger partial charge < -0.3 is 10.2 Å². The lowest BCUT2D eigenvalue weighted by atomic mass is 9.96. The maximum absolute atomic E-state index is 13.4. The van der Waals surface area contributed by atoms with Gasteiger partial charge >= 0.3 is 6.18 Å². The fraction of sp³-hybridized carbons (Fsp3) is 0.343. The van der Waals surface area contributed by atoms with E-state index in [2.05, 4.69) is 32.5 Å². The number of imide groups is 2. The number of halogens is 3. The van der Waals surface area contributed by atoms with E-state index in [1.807, 2.05) is 0 Å². The van der Waals surface area contributed by atoms with Gasteiger partial charge in [0.2, 0.25) is 11.8 Å². The highest BCUT2D eigenvalue weighted by atomic mass is 19.4. The largest absolute Gasteiger partial charge is 0.417 e. The summed E-state index contributed by atoms with van der Waals surface area (Å²) < 4.78 is 41.6. The van der Waals surface area contributed by atoms with Gasteiger partial charge in [-0.25, -0.2) is 0 Å². The summed E-state index contributed by atoms with van der Waals surface area (Å²) in [4.78, 5) is 66.1. The van der Waals surface area contributed by atoms with Crippen molar-refractivity contribution in [1.29, 1.82) is 5.26 Å². The van der Waals surface area contributed by atoms with Gasteiger partial charge in [0.1, 0.15) is 11.6 Å². The van der Waals surface area contributed by atoms with Gasteiger partial charge in [-0.1, -0.05) is 11.8 Å². The van der Waals surface area contributed by atoms with Crippen LogP contribution in [0, 0.1) is 29.1 Å². The Kier molecular flexibility index (Phi) is 8.70. The van der Waals surface area contributed by atoms with E-state index in [0.717, 1.165) is 22.7 Å². The number of benzene rings is 2. The molecule has 12 nitrogen and oxygen atoms in total. The molecule has 2 aromatic carbocycles. The van der Waals surface area contributed by atoms with Crippen molar-refractivity contribution in [2.24, 2.45) is 5.92 Å². The van der Waals surface area contributed by atoms with Crippen molar-refractivity contribution in [2.45, 2.75) is 57.3 Å². The number of anilines is 2. The number of aromatic nitrogens is 2. The van der Waals surface area contributed by atoms with Gasteiger partial charge in [-0.3, -0.25) is 38.9 Å². The molecule has 0 bridgehead atoms. The zero-order chi connectivity index (χ0) is 36.0. The van der Waals surface area contributed by atoms with E-state index in [9.17, 15) is 37.1 Å². The molecule has 15 heteroatoms. The van der Waals surface area contributed by atoms with E-state index in [-0.39, 0.29) is 35.6 Å². The summed E-state index contributed by atoms with van der Waals surface area (Å²) in [6, 6.07) is 8.19. The average Bonchev–Trinajstić information content (AvgIpc) is 3.67. The topological polar surface area (TPSA) is 158 Å². The van der Waals surface area contributed by atoms with Gasteiger partial charge in [0.05, 0.1) is 40.2 Å². The fourth-order valence-electron chi connectivity index (χ4n) is 6.14. The second-order valence-corrected chi connectivity index (χ2v) is 12.8. The Hall–Kier alpha value is -5.96. The maximum Gasteiger partial charge on any atom is 0.417 e. The van der Waals surface area contributed by atoms with Crippen LogP contribution in [0.5, 0.6) is 0 Å². The van der Waals surface area contributed by atoms with Crippen molar-refractivity contribution < 1.29 is 37.1 Å². The molecule has 1 unspecified atom stereocenters. The maximum atomic E-state index is 13.4. The van der Waals surface area contributed by atoms with Crippen molar-refractivity contribution in [1.82, 2.24) is 20.0 Å². The predicted molar refractivity (Wildman–Crippen MR) is 171 cm³/mol. The number of carbonyl (C=O) groups excluding carboxylic acids is 5. The minimum Gasteiger partial charge on any atom is -0.369 e. The minimum absolute atomic E-state index is 0.0372. The van der Waals surface area contributed by atoms with Crippen molar-refractivity contribution in [3.63, 3.8) is 0 Å². The number of hydrogen-bond donors (Lipinski definition) is 2. The number of alkyl halides is 3. The zero-order valence-corrected chi connectivity index (χ0v) is 26.9. The lowest BCUT2D eigenvalue weighted by Crippen LogP contribution is -2.54. The molecule has 0 saturated carbocycles. The second kappa shape index (κ2) is 12.8. The van der Waals surface area contributed by atoms with Crippen LogP contribution in [0.15, 0.2) is 48.8 Å². The lowest BCUT2D eigenvalue weighted by Gasteiger charge is -2.30. The van der Waals surface area contributed by atoms with Gasteiger partial charge in [-0.15, -0.1) is 0 Å². The Morgan fingerprint density at radius 1 is 1.00 bits per heavy atom. The normalized spacial score (nSPS) is 18.3. The Labute approximate surface area is 284 Å². The van der Waals surface area contributed by atoms with Crippen LogP contribution >= 0.6 is 0 Å². The van der Waals surface area contributed by atoms with E-state index in [1.165, 1.54) is 22.9 Å². The molecule has 3 aliphatic rings. The summed E-state index contributed by atoms with van der Waals surface area (Å²) in [5, 5.41) is 18.1. The molecule has 5 amide bonds. The highest BCUT2D eigenvalue weighted by Crippen LogP contribution is 2.34. The summed E-state index contributed by atoms with van der Waals surface area (Å²) in [5.74, 6) is 3.51. The third kappa shape index (κ3) is 6.42. The van der Waals surface area contributed by atoms with Crippen LogP contribution in [0.2, 0.25) is 0 Å². The van der Waals surface area contributed by atoms with Crippen LogP contribution in [0.1, 0.15) is 76.9 Å². The predicted octanol–water partition coefficient (Wildman–Crippen LogP) is 3.82. The molecule has 0 aliphatic carbocycles. The van der Waals surface area contributed by atoms with Crippen molar-refractivity contribution in [3.05, 3.63) is 76.6 Å².